The molecule has 2 aliphatic heterocycles. The van der Waals surface area contributed by atoms with Gasteiger partial charge >= 0.3 is 0 Å². The van der Waals surface area contributed by atoms with E-state index in [2.05, 4.69) is 12.2 Å². The van der Waals surface area contributed by atoms with Gasteiger partial charge in [-0.1, -0.05) is 24.6 Å². The summed E-state index contributed by atoms with van der Waals surface area (Å²) in [5.74, 6) is 1.23. The van der Waals surface area contributed by atoms with Crippen LogP contribution in [0.25, 0.3) is 0 Å². The van der Waals surface area contributed by atoms with Crippen LogP contribution in [-0.2, 0) is 4.74 Å². The first-order chi connectivity index (χ1) is 8.26. The van der Waals surface area contributed by atoms with Gasteiger partial charge in [-0.3, -0.25) is 4.99 Å². The van der Waals surface area contributed by atoms with Crippen molar-refractivity contribution in [2.45, 2.75) is 63.1 Å². The maximum absolute atomic E-state index is 5.57. The van der Waals surface area contributed by atoms with Gasteiger partial charge in [0.1, 0.15) is 0 Å². The zero-order valence-electron chi connectivity index (χ0n) is 10.6. The molecule has 0 amide bonds. The Labute approximate surface area is 108 Å². The van der Waals surface area contributed by atoms with Crippen LogP contribution in [0.2, 0.25) is 0 Å². The van der Waals surface area contributed by atoms with Gasteiger partial charge in [0.2, 0.25) is 0 Å². The van der Waals surface area contributed by atoms with Crippen LogP contribution in [0.15, 0.2) is 4.99 Å². The quantitative estimate of drug-likeness (QED) is 0.781. The van der Waals surface area contributed by atoms with Crippen molar-refractivity contribution < 1.29 is 4.74 Å². The Kier molecular flexibility index (Phi) is 3.35. The molecule has 2 saturated heterocycles. The van der Waals surface area contributed by atoms with Crippen molar-refractivity contribution in [2.75, 3.05) is 12.4 Å². The van der Waals surface area contributed by atoms with E-state index in [0.717, 1.165) is 19.4 Å². The number of nitrogens with zero attached hydrogens (tertiary/aromatic N) is 1. The Morgan fingerprint density at radius 1 is 1.41 bits per heavy atom. The maximum Gasteiger partial charge on any atom is 0.157 e. The van der Waals surface area contributed by atoms with Crippen LogP contribution < -0.4 is 5.32 Å². The number of amidine groups is 1. The lowest BCUT2D eigenvalue weighted by atomic mass is 10.0. The van der Waals surface area contributed by atoms with Gasteiger partial charge in [-0.15, -0.1) is 0 Å². The molecule has 1 N–H and O–H groups in total. The van der Waals surface area contributed by atoms with Crippen LogP contribution in [-0.4, -0.2) is 35.2 Å². The molecule has 0 aromatic carbocycles. The van der Waals surface area contributed by atoms with E-state index in [0.29, 0.717) is 17.7 Å². The van der Waals surface area contributed by atoms with Gasteiger partial charge in [0.25, 0.3) is 0 Å². The second-order valence-corrected chi connectivity index (χ2v) is 6.66. The fourth-order valence-corrected chi connectivity index (χ4v) is 4.44. The van der Waals surface area contributed by atoms with E-state index in [9.17, 15) is 0 Å². The third-order valence-electron chi connectivity index (χ3n) is 4.18. The minimum Gasteiger partial charge on any atom is -0.378 e. The van der Waals surface area contributed by atoms with Crippen LogP contribution in [0, 0.1) is 0 Å². The maximum atomic E-state index is 5.57. The SMILES string of the molecule is CC1CC(N=C2NC3(CCCC3)CS2)CCO1. The predicted octanol–water partition coefficient (Wildman–Crippen LogP) is 2.56. The highest BCUT2D eigenvalue weighted by molar-refractivity contribution is 8.14. The Morgan fingerprint density at radius 3 is 3.00 bits per heavy atom. The molecule has 96 valence electrons. The summed E-state index contributed by atoms with van der Waals surface area (Å²) in [7, 11) is 0. The monoisotopic (exact) mass is 254 g/mol. The van der Waals surface area contributed by atoms with Gasteiger partial charge < -0.3 is 10.1 Å². The molecule has 2 atom stereocenters. The summed E-state index contributed by atoms with van der Waals surface area (Å²) in [5.41, 5.74) is 0.403. The van der Waals surface area contributed by atoms with Crippen molar-refractivity contribution in [1.29, 1.82) is 0 Å². The average molecular weight is 254 g/mol. The predicted molar refractivity (Wildman–Crippen MR) is 72.7 cm³/mol. The molecular weight excluding hydrogens is 232 g/mol. The van der Waals surface area contributed by atoms with Crippen molar-refractivity contribution in [3.63, 3.8) is 0 Å². The minimum atomic E-state index is 0.380. The second-order valence-electron chi connectivity index (χ2n) is 5.69. The standard InChI is InChI=1S/C13H22N2OS/c1-10-8-11(4-7-16-10)14-12-15-13(9-17-12)5-2-3-6-13/h10-11H,2-9H2,1H3,(H,14,15). The summed E-state index contributed by atoms with van der Waals surface area (Å²) in [6.45, 7) is 3.03. The molecule has 17 heavy (non-hydrogen) atoms. The number of rotatable bonds is 1. The third-order valence-corrected chi connectivity index (χ3v) is 5.35. The molecular formula is C13H22N2OS. The lowest BCUT2D eigenvalue weighted by Crippen LogP contribution is -2.41. The van der Waals surface area contributed by atoms with E-state index < -0.39 is 0 Å². The van der Waals surface area contributed by atoms with Crippen molar-refractivity contribution in [1.82, 2.24) is 5.32 Å². The second kappa shape index (κ2) is 4.81. The van der Waals surface area contributed by atoms with Crippen LogP contribution in [0.5, 0.6) is 0 Å². The van der Waals surface area contributed by atoms with E-state index >= 15 is 0 Å². The fraction of sp³-hybridized carbons (Fsp3) is 0.923. The van der Waals surface area contributed by atoms with Crippen LogP contribution in [0.1, 0.15) is 45.4 Å². The lowest BCUT2D eigenvalue weighted by molar-refractivity contribution is 0.0204. The van der Waals surface area contributed by atoms with Crippen molar-refractivity contribution in [2.24, 2.45) is 4.99 Å². The smallest absolute Gasteiger partial charge is 0.157 e. The summed E-state index contributed by atoms with van der Waals surface area (Å²) >= 11 is 1.93. The Bertz CT molecular complexity index is 313. The Hall–Kier alpha value is -0.220. The summed E-state index contributed by atoms with van der Waals surface area (Å²) in [6, 6.07) is 0.477. The number of hydrogen-bond acceptors (Lipinski definition) is 3. The van der Waals surface area contributed by atoms with Crippen LogP contribution in [0.4, 0.5) is 0 Å². The molecule has 0 aromatic rings. The third kappa shape index (κ3) is 2.63. The summed E-state index contributed by atoms with van der Waals surface area (Å²) in [5, 5.41) is 4.90. The highest BCUT2D eigenvalue weighted by atomic mass is 32.2. The molecule has 3 fully saturated rings. The largest absolute Gasteiger partial charge is 0.378 e. The van der Waals surface area contributed by atoms with Gasteiger partial charge in [0.15, 0.2) is 5.17 Å². The van der Waals surface area contributed by atoms with Gasteiger partial charge in [-0.2, -0.15) is 0 Å². The van der Waals surface area contributed by atoms with E-state index in [-0.39, 0.29) is 0 Å². The number of aliphatic imine (C=N–C) groups is 1. The normalized spacial score (nSPS) is 38.8. The molecule has 2 unspecified atom stereocenters. The number of hydrogen-bond donors (Lipinski definition) is 1. The van der Waals surface area contributed by atoms with Crippen molar-refractivity contribution in [3.05, 3.63) is 0 Å². The van der Waals surface area contributed by atoms with Crippen LogP contribution >= 0.6 is 11.8 Å². The van der Waals surface area contributed by atoms with Crippen molar-refractivity contribution in [3.8, 4) is 0 Å². The molecule has 3 aliphatic rings. The van der Waals surface area contributed by atoms with E-state index in [1.54, 1.807) is 0 Å². The Morgan fingerprint density at radius 2 is 2.24 bits per heavy atom. The summed E-state index contributed by atoms with van der Waals surface area (Å²) in [6.07, 6.45) is 7.99. The fourth-order valence-electron chi connectivity index (χ4n) is 3.15. The Balaban J connectivity index is 1.61. The molecule has 0 radical (unpaired) electrons. The zero-order valence-corrected chi connectivity index (χ0v) is 11.4. The minimum absolute atomic E-state index is 0.380. The van der Waals surface area contributed by atoms with Crippen LogP contribution in [0.3, 0.4) is 0 Å². The molecule has 2 heterocycles. The molecule has 4 heteroatoms. The van der Waals surface area contributed by atoms with Crippen molar-refractivity contribution >= 4 is 16.9 Å². The molecule has 3 rings (SSSR count). The highest BCUT2D eigenvalue weighted by Gasteiger charge is 2.39. The van der Waals surface area contributed by atoms with Gasteiger partial charge in [-0.05, 0) is 32.6 Å². The number of nitrogens with one attached hydrogen (secondary N) is 1. The molecule has 1 spiro atoms. The lowest BCUT2D eigenvalue weighted by Gasteiger charge is -2.25. The van der Waals surface area contributed by atoms with E-state index in [1.165, 1.54) is 36.6 Å². The molecule has 0 aromatic heterocycles. The van der Waals surface area contributed by atoms with Gasteiger partial charge in [0.05, 0.1) is 12.1 Å². The first kappa shape index (κ1) is 11.8. The average Bonchev–Trinajstić information content (AvgIpc) is 2.90. The molecule has 0 bridgehead atoms. The zero-order chi connectivity index (χ0) is 11.7. The highest BCUT2D eigenvalue weighted by Crippen LogP contribution is 2.37. The number of ether oxygens (including phenoxy) is 1. The first-order valence-corrected chi connectivity index (χ1v) is 7.85. The van der Waals surface area contributed by atoms with Gasteiger partial charge in [-0.25, -0.2) is 0 Å². The molecule has 1 saturated carbocycles. The molecule has 3 nitrogen and oxygen atoms in total. The topological polar surface area (TPSA) is 33.6 Å². The first-order valence-electron chi connectivity index (χ1n) is 6.86. The summed E-state index contributed by atoms with van der Waals surface area (Å²) < 4.78 is 5.57. The van der Waals surface area contributed by atoms with E-state index in [4.69, 9.17) is 9.73 Å². The van der Waals surface area contributed by atoms with E-state index in [1.807, 2.05) is 11.8 Å². The summed E-state index contributed by atoms with van der Waals surface area (Å²) in [4.78, 5) is 4.89. The molecule has 1 aliphatic carbocycles. The van der Waals surface area contributed by atoms with Gasteiger partial charge in [0, 0.05) is 17.9 Å². The number of thioether (sulfide) groups is 1.